The van der Waals surface area contributed by atoms with Gasteiger partial charge in [-0.05, 0) is 12.1 Å². The molecule has 0 atom stereocenters. The van der Waals surface area contributed by atoms with Gasteiger partial charge in [-0.1, -0.05) is 53.8 Å². The summed E-state index contributed by atoms with van der Waals surface area (Å²) in [5, 5.41) is 14.3. The second-order valence-corrected chi connectivity index (χ2v) is 7.62. The number of nitrogens with zero attached hydrogens (tertiary/aromatic N) is 3. The van der Waals surface area contributed by atoms with E-state index in [1.54, 1.807) is 24.3 Å². The number of aromatic nitrogens is 3. The van der Waals surface area contributed by atoms with Gasteiger partial charge >= 0.3 is 5.97 Å². The van der Waals surface area contributed by atoms with Crippen molar-refractivity contribution in [1.29, 1.82) is 0 Å². The van der Waals surface area contributed by atoms with E-state index in [0.29, 0.717) is 21.3 Å². The Balaban J connectivity index is 1.64. The van der Waals surface area contributed by atoms with E-state index in [1.807, 2.05) is 30.3 Å². The highest BCUT2D eigenvalue weighted by Crippen LogP contribution is 2.27. The van der Waals surface area contributed by atoms with Gasteiger partial charge < -0.3 is 5.11 Å². The van der Waals surface area contributed by atoms with Crippen LogP contribution in [0, 0.1) is 0 Å². The number of hydrogen-bond acceptors (Lipinski definition) is 6. The first kappa shape index (κ1) is 17.4. The average molecular weight is 395 g/mol. The molecule has 0 aliphatic carbocycles. The summed E-state index contributed by atoms with van der Waals surface area (Å²) in [6.45, 7) is 0. The topological polar surface area (TPSA) is 84.6 Å². The van der Waals surface area contributed by atoms with E-state index < -0.39 is 5.97 Å². The number of carbonyl (C=O) groups is 1. The third-order valence-corrected chi connectivity index (χ3v) is 5.88. The summed E-state index contributed by atoms with van der Waals surface area (Å²) in [6, 6.07) is 17.8. The van der Waals surface area contributed by atoms with Crippen molar-refractivity contribution in [3.05, 3.63) is 82.3 Å². The van der Waals surface area contributed by atoms with E-state index in [9.17, 15) is 14.7 Å². The molecule has 8 heteroatoms. The minimum Gasteiger partial charge on any atom is -0.478 e. The van der Waals surface area contributed by atoms with Gasteiger partial charge in [-0.2, -0.15) is 9.61 Å². The van der Waals surface area contributed by atoms with Crippen molar-refractivity contribution in [1.82, 2.24) is 14.6 Å². The molecule has 0 aliphatic heterocycles. The second-order valence-electron chi connectivity index (χ2n) is 5.64. The van der Waals surface area contributed by atoms with Gasteiger partial charge in [-0.25, -0.2) is 9.78 Å². The molecule has 27 heavy (non-hydrogen) atoms. The lowest BCUT2D eigenvalue weighted by Crippen LogP contribution is -2.15. The zero-order chi connectivity index (χ0) is 18.8. The van der Waals surface area contributed by atoms with Gasteiger partial charge in [0.25, 0.3) is 5.56 Å². The Hall–Kier alpha value is -2.97. The second kappa shape index (κ2) is 7.34. The maximum Gasteiger partial charge on any atom is 0.336 e. The van der Waals surface area contributed by atoms with Gasteiger partial charge in [0.2, 0.25) is 4.96 Å². The molecular formula is C19H13N3O3S2. The van der Waals surface area contributed by atoms with Gasteiger partial charge in [-0.3, -0.25) is 4.79 Å². The van der Waals surface area contributed by atoms with Crippen molar-refractivity contribution in [2.45, 2.75) is 10.6 Å². The first-order valence-corrected chi connectivity index (χ1v) is 9.82. The largest absolute Gasteiger partial charge is 0.478 e. The van der Waals surface area contributed by atoms with Crippen LogP contribution in [0.4, 0.5) is 0 Å². The first-order chi connectivity index (χ1) is 13.1. The molecule has 0 aliphatic rings. The van der Waals surface area contributed by atoms with Crippen LogP contribution in [-0.4, -0.2) is 25.7 Å². The van der Waals surface area contributed by atoms with E-state index in [0.717, 1.165) is 10.6 Å². The Morgan fingerprint density at radius 3 is 2.63 bits per heavy atom. The molecule has 0 fully saturated rings. The Morgan fingerprint density at radius 1 is 1.11 bits per heavy atom. The number of benzene rings is 2. The highest BCUT2D eigenvalue weighted by molar-refractivity contribution is 7.98. The van der Waals surface area contributed by atoms with E-state index in [-0.39, 0.29) is 11.1 Å². The number of aromatic carboxylic acids is 1. The van der Waals surface area contributed by atoms with Crippen LogP contribution in [0.2, 0.25) is 0 Å². The summed E-state index contributed by atoms with van der Waals surface area (Å²) in [5.74, 6) is -0.578. The standard InChI is InChI=1S/C19H13N3O3S2/c23-16-10-13(11-26-15-9-5-4-8-14(15)18(24)25)20-19-22(16)21-17(27-19)12-6-2-1-3-7-12/h1-10H,11H2,(H,24,25). The van der Waals surface area contributed by atoms with E-state index >= 15 is 0 Å². The van der Waals surface area contributed by atoms with Crippen LogP contribution in [0.25, 0.3) is 15.5 Å². The third kappa shape index (κ3) is 3.62. The molecule has 0 unspecified atom stereocenters. The molecule has 134 valence electrons. The van der Waals surface area contributed by atoms with Gasteiger partial charge in [0.1, 0.15) is 5.01 Å². The van der Waals surface area contributed by atoms with Crippen molar-refractivity contribution < 1.29 is 9.90 Å². The highest BCUT2D eigenvalue weighted by Gasteiger charge is 2.13. The molecule has 0 bridgehead atoms. The zero-order valence-corrected chi connectivity index (χ0v) is 15.5. The quantitative estimate of drug-likeness (QED) is 0.517. The number of carboxylic acids is 1. The van der Waals surface area contributed by atoms with E-state index in [4.69, 9.17) is 0 Å². The molecule has 2 heterocycles. The number of carboxylic acid groups (broad SMARTS) is 1. The maximum absolute atomic E-state index is 12.4. The van der Waals surface area contributed by atoms with Crippen LogP contribution < -0.4 is 5.56 Å². The van der Waals surface area contributed by atoms with Crippen LogP contribution >= 0.6 is 23.1 Å². The summed E-state index contributed by atoms with van der Waals surface area (Å²) >= 11 is 2.69. The van der Waals surface area contributed by atoms with Gasteiger partial charge in [0.15, 0.2) is 0 Å². The maximum atomic E-state index is 12.4. The predicted molar refractivity (Wildman–Crippen MR) is 106 cm³/mol. The lowest BCUT2D eigenvalue weighted by atomic mass is 10.2. The Labute approximate surface area is 162 Å². The fraction of sp³-hybridized carbons (Fsp3) is 0.0526. The third-order valence-electron chi connectivity index (χ3n) is 3.81. The van der Waals surface area contributed by atoms with Gasteiger partial charge in [0, 0.05) is 22.3 Å². The summed E-state index contributed by atoms with van der Waals surface area (Å²) in [4.78, 5) is 29.4. The van der Waals surface area contributed by atoms with Crippen molar-refractivity contribution in [2.75, 3.05) is 0 Å². The summed E-state index contributed by atoms with van der Waals surface area (Å²) in [6.07, 6.45) is 0. The number of hydrogen-bond donors (Lipinski definition) is 1. The minimum absolute atomic E-state index is 0.240. The average Bonchev–Trinajstić information content (AvgIpc) is 3.12. The molecule has 0 radical (unpaired) electrons. The lowest BCUT2D eigenvalue weighted by Gasteiger charge is -2.05. The predicted octanol–water partition coefficient (Wildman–Crippen LogP) is 3.81. The van der Waals surface area contributed by atoms with Crippen molar-refractivity contribution in [3.8, 4) is 10.6 Å². The minimum atomic E-state index is -0.975. The molecule has 0 saturated heterocycles. The lowest BCUT2D eigenvalue weighted by molar-refractivity contribution is 0.0693. The smallest absolute Gasteiger partial charge is 0.336 e. The van der Waals surface area contributed by atoms with Crippen molar-refractivity contribution in [2.24, 2.45) is 0 Å². The van der Waals surface area contributed by atoms with Crippen LogP contribution in [0.15, 0.2) is 70.4 Å². The van der Waals surface area contributed by atoms with Crippen LogP contribution in [0.3, 0.4) is 0 Å². The van der Waals surface area contributed by atoms with Gasteiger partial charge in [0.05, 0.1) is 11.3 Å². The Kier molecular flexibility index (Phi) is 4.74. The molecule has 4 aromatic rings. The fourth-order valence-electron chi connectivity index (χ4n) is 2.55. The van der Waals surface area contributed by atoms with Crippen LogP contribution in [-0.2, 0) is 5.75 Å². The number of rotatable bonds is 5. The van der Waals surface area contributed by atoms with Crippen molar-refractivity contribution >= 4 is 34.0 Å². The number of thioether (sulfide) groups is 1. The molecule has 2 aromatic carbocycles. The first-order valence-electron chi connectivity index (χ1n) is 8.02. The highest BCUT2D eigenvalue weighted by atomic mass is 32.2. The van der Waals surface area contributed by atoms with Crippen LogP contribution in [0.5, 0.6) is 0 Å². The molecule has 0 saturated carbocycles. The SMILES string of the molecule is O=C(O)c1ccccc1SCc1cc(=O)n2nc(-c3ccccc3)sc2n1. The Bertz CT molecular complexity index is 1190. The fourth-order valence-corrected chi connectivity index (χ4v) is 4.41. The summed E-state index contributed by atoms with van der Waals surface area (Å²) < 4.78 is 1.30. The molecule has 6 nitrogen and oxygen atoms in total. The molecule has 0 spiro atoms. The van der Waals surface area contributed by atoms with E-state index in [1.165, 1.54) is 33.7 Å². The zero-order valence-electron chi connectivity index (χ0n) is 13.9. The molecular weight excluding hydrogens is 382 g/mol. The normalized spacial score (nSPS) is 11.0. The van der Waals surface area contributed by atoms with Crippen molar-refractivity contribution in [3.63, 3.8) is 0 Å². The van der Waals surface area contributed by atoms with Gasteiger partial charge in [-0.15, -0.1) is 11.8 Å². The molecule has 2 aromatic heterocycles. The summed E-state index contributed by atoms with van der Waals surface area (Å²) in [5.41, 5.74) is 1.51. The molecule has 1 N–H and O–H groups in total. The Morgan fingerprint density at radius 2 is 1.85 bits per heavy atom. The monoisotopic (exact) mass is 395 g/mol. The summed E-state index contributed by atoms with van der Waals surface area (Å²) in [7, 11) is 0. The van der Waals surface area contributed by atoms with E-state index in [2.05, 4.69) is 10.1 Å². The molecule has 0 amide bonds. The number of fused-ring (bicyclic) bond motifs is 1. The molecule has 4 rings (SSSR count). The van der Waals surface area contributed by atoms with Crippen LogP contribution in [0.1, 0.15) is 16.1 Å².